The Morgan fingerprint density at radius 3 is 2.86 bits per heavy atom. The molecule has 0 saturated heterocycles. The van der Waals surface area contributed by atoms with Crippen LogP contribution in [0.4, 0.5) is 0 Å². The van der Waals surface area contributed by atoms with Crippen molar-refractivity contribution in [2.45, 2.75) is 12.5 Å². The highest BCUT2D eigenvalue weighted by atomic mass is 79.9. The summed E-state index contributed by atoms with van der Waals surface area (Å²) in [5.74, 6) is -1.03. The van der Waals surface area contributed by atoms with Crippen molar-refractivity contribution in [1.29, 1.82) is 0 Å². The van der Waals surface area contributed by atoms with Crippen LogP contribution in [0.5, 0.6) is 5.06 Å². The molecule has 1 heterocycles. The number of thiophene rings is 1. The molecule has 4 nitrogen and oxygen atoms in total. The van der Waals surface area contributed by atoms with Gasteiger partial charge in [-0.15, -0.1) is 11.3 Å². The lowest BCUT2D eigenvalue weighted by molar-refractivity contribution is -0.139. The van der Waals surface area contributed by atoms with Crippen LogP contribution in [0.1, 0.15) is 17.4 Å². The van der Waals surface area contributed by atoms with E-state index in [0.29, 0.717) is 9.94 Å². The molecule has 1 rings (SSSR count). The molecule has 1 atom stereocenters. The lowest BCUT2D eigenvalue weighted by Crippen LogP contribution is -2.03. The molecule has 0 bridgehead atoms. The SMILES string of the molecule is COc1sc([C@@H](O)CC(=O)O)cc1Br. The molecule has 0 saturated carbocycles. The fraction of sp³-hybridized carbons (Fsp3) is 0.375. The molecule has 2 N–H and O–H groups in total. The fourth-order valence-electron chi connectivity index (χ4n) is 0.938. The number of carboxylic acids is 1. The highest BCUT2D eigenvalue weighted by Crippen LogP contribution is 2.38. The Morgan fingerprint density at radius 2 is 2.43 bits per heavy atom. The Balaban J connectivity index is 2.80. The lowest BCUT2D eigenvalue weighted by atomic mass is 10.2. The molecule has 6 heteroatoms. The topological polar surface area (TPSA) is 66.8 Å². The van der Waals surface area contributed by atoms with E-state index >= 15 is 0 Å². The maximum Gasteiger partial charge on any atom is 0.306 e. The molecule has 1 aromatic rings. The molecule has 0 aliphatic carbocycles. The average molecular weight is 281 g/mol. The molecule has 78 valence electrons. The number of halogens is 1. The molecule has 0 aromatic carbocycles. The monoisotopic (exact) mass is 280 g/mol. The van der Waals surface area contributed by atoms with Gasteiger partial charge in [-0.1, -0.05) is 0 Å². The Labute approximate surface area is 93.3 Å². The van der Waals surface area contributed by atoms with Crippen molar-refractivity contribution >= 4 is 33.2 Å². The molecule has 0 aliphatic heterocycles. The maximum absolute atomic E-state index is 10.3. The summed E-state index contributed by atoms with van der Waals surface area (Å²) in [5.41, 5.74) is 0. The van der Waals surface area contributed by atoms with Crippen molar-refractivity contribution in [2.24, 2.45) is 0 Å². The minimum atomic E-state index is -1.03. The van der Waals surface area contributed by atoms with Crippen LogP contribution in [-0.4, -0.2) is 23.3 Å². The molecule has 0 radical (unpaired) electrons. The summed E-state index contributed by atoms with van der Waals surface area (Å²) in [6.07, 6.45) is -1.27. The average Bonchev–Trinajstić information content (AvgIpc) is 2.45. The van der Waals surface area contributed by atoms with E-state index in [1.54, 1.807) is 6.07 Å². The molecule has 0 fully saturated rings. The zero-order valence-corrected chi connectivity index (χ0v) is 9.76. The molecule has 0 aliphatic rings. The first-order valence-corrected chi connectivity index (χ1v) is 5.38. The van der Waals surface area contributed by atoms with Gasteiger partial charge in [-0.05, 0) is 22.0 Å². The van der Waals surface area contributed by atoms with Crippen LogP contribution in [0.25, 0.3) is 0 Å². The summed E-state index contributed by atoms with van der Waals surface area (Å²) >= 11 is 4.47. The number of aliphatic hydroxyl groups excluding tert-OH is 1. The van der Waals surface area contributed by atoms with E-state index in [1.165, 1.54) is 18.4 Å². The van der Waals surface area contributed by atoms with Crippen molar-refractivity contribution in [3.8, 4) is 5.06 Å². The number of hydrogen-bond acceptors (Lipinski definition) is 4. The van der Waals surface area contributed by atoms with Crippen LogP contribution in [-0.2, 0) is 4.79 Å². The van der Waals surface area contributed by atoms with Gasteiger partial charge >= 0.3 is 5.97 Å². The van der Waals surface area contributed by atoms with Crippen LogP contribution in [0.2, 0.25) is 0 Å². The van der Waals surface area contributed by atoms with Gasteiger partial charge in [-0.2, -0.15) is 0 Å². The lowest BCUT2D eigenvalue weighted by Gasteiger charge is -2.03. The molecule has 0 amide bonds. The predicted octanol–water partition coefficient (Wildman–Crippen LogP) is 2.03. The van der Waals surface area contributed by atoms with Gasteiger partial charge in [-0.3, -0.25) is 4.79 Å². The number of aliphatic carboxylic acids is 1. The van der Waals surface area contributed by atoms with E-state index in [-0.39, 0.29) is 6.42 Å². The first kappa shape index (κ1) is 11.5. The third-order valence-electron chi connectivity index (χ3n) is 1.56. The minimum absolute atomic E-state index is 0.296. The smallest absolute Gasteiger partial charge is 0.306 e. The van der Waals surface area contributed by atoms with Crippen molar-refractivity contribution in [3.63, 3.8) is 0 Å². The van der Waals surface area contributed by atoms with E-state index in [4.69, 9.17) is 9.84 Å². The zero-order valence-electron chi connectivity index (χ0n) is 7.36. The largest absolute Gasteiger partial charge is 0.486 e. The minimum Gasteiger partial charge on any atom is -0.486 e. The third kappa shape index (κ3) is 2.70. The molecular formula is C8H9BrO4S. The molecule has 14 heavy (non-hydrogen) atoms. The molecular weight excluding hydrogens is 272 g/mol. The predicted molar refractivity (Wildman–Crippen MR) is 55.8 cm³/mol. The number of carboxylic acid groups (broad SMARTS) is 1. The fourth-order valence-corrected chi connectivity index (χ4v) is 2.59. The second-order valence-electron chi connectivity index (χ2n) is 2.60. The van der Waals surface area contributed by atoms with Gasteiger partial charge in [0.05, 0.1) is 24.1 Å². The van der Waals surface area contributed by atoms with Crippen molar-refractivity contribution in [3.05, 3.63) is 15.4 Å². The second-order valence-corrected chi connectivity index (χ2v) is 4.50. The normalized spacial score (nSPS) is 12.5. The van der Waals surface area contributed by atoms with E-state index in [9.17, 15) is 9.90 Å². The summed E-state index contributed by atoms with van der Waals surface area (Å²) in [7, 11) is 1.52. The Kier molecular flexibility index (Phi) is 3.91. The number of methoxy groups -OCH3 is 1. The number of carbonyl (C=O) groups is 1. The van der Waals surface area contributed by atoms with Crippen LogP contribution < -0.4 is 4.74 Å². The summed E-state index contributed by atoms with van der Waals surface area (Å²) < 4.78 is 5.72. The van der Waals surface area contributed by atoms with E-state index < -0.39 is 12.1 Å². The molecule has 0 unspecified atom stereocenters. The molecule has 1 aromatic heterocycles. The zero-order chi connectivity index (χ0) is 10.7. The first-order valence-electron chi connectivity index (χ1n) is 3.77. The highest BCUT2D eigenvalue weighted by molar-refractivity contribution is 9.10. The van der Waals surface area contributed by atoms with Gasteiger partial charge in [-0.25, -0.2) is 0 Å². The van der Waals surface area contributed by atoms with E-state index in [1.807, 2.05) is 0 Å². The van der Waals surface area contributed by atoms with Crippen molar-refractivity contribution < 1.29 is 19.7 Å². The number of rotatable bonds is 4. The summed E-state index contributed by atoms with van der Waals surface area (Å²) in [4.78, 5) is 10.9. The third-order valence-corrected chi connectivity index (χ3v) is 3.61. The molecule has 0 spiro atoms. The van der Waals surface area contributed by atoms with Gasteiger partial charge in [0.2, 0.25) is 0 Å². The second kappa shape index (κ2) is 4.77. The van der Waals surface area contributed by atoms with Crippen molar-refractivity contribution in [1.82, 2.24) is 0 Å². The van der Waals surface area contributed by atoms with Gasteiger partial charge in [0.25, 0.3) is 0 Å². The number of ether oxygens (including phenoxy) is 1. The quantitative estimate of drug-likeness (QED) is 0.886. The van der Waals surface area contributed by atoms with E-state index in [0.717, 1.165) is 4.47 Å². The Morgan fingerprint density at radius 1 is 1.79 bits per heavy atom. The summed E-state index contributed by atoms with van der Waals surface area (Å²) in [5, 5.41) is 18.6. The van der Waals surface area contributed by atoms with Gasteiger partial charge in [0.1, 0.15) is 0 Å². The number of aliphatic hydroxyl groups is 1. The van der Waals surface area contributed by atoms with Crippen LogP contribution in [0, 0.1) is 0 Å². The van der Waals surface area contributed by atoms with Crippen LogP contribution in [0.15, 0.2) is 10.5 Å². The van der Waals surface area contributed by atoms with Gasteiger partial charge in [0, 0.05) is 4.88 Å². The van der Waals surface area contributed by atoms with E-state index in [2.05, 4.69) is 15.9 Å². The summed E-state index contributed by atoms with van der Waals surface area (Å²) in [6, 6.07) is 1.66. The Bertz CT molecular complexity index is 336. The Hall–Kier alpha value is -0.590. The van der Waals surface area contributed by atoms with Gasteiger partial charge < -0.3 is 14.9 Å². The van der Waals surface area contributed by atoms with Gasteiger partial charge in [0.15, 0.2) is 5.06 Å². The van der Waals surface area contributed by atoms with Crippen LogP contribution >= 0.6 is 27.3 Å². The standard InChI is InChI=1S/C8H9BrO4S/c1-13-8-4(9)2-6(14-8)5(10)3-7(11)12/h2,5,10H,3H2,1H3,(H,11,12)/t5-/m0/s1. The highest BCUT2D eigenvalue weighted by Gasteiger charge is 2.17. The maximum atomic E-state index is 10.3. The van der Waals surface area contributed by atoms with Crippen LogP contribution in [0.3, 0.4) is 0 Å². The first-order chi connectivity index (χ1) is 6.54. The number of hydrogen-bond donors (Lipinski definition) is 2. The van der Waals surface area contributed by atoms with Crippen molar-refractivity contribution in [2.75, 3.05) is 7.11 Å². The summed E-state index contributed by atoms with van der Waals surface area (Å²) in [6.45, 7) is 0.